The Hall–Kier alpha value is -1.59. The van der Waals surface area contributed by atoms with Crippen molar-refractivity contribution in [3.63, 3.8) is 0 Å². The Morgan fingerprint density at radius 3 is 2.95 bits per heavy atom. The van der Waals surface area contributed by atoms with Gasteiger partial charge in [0.15, 0.2) is 0 Å². The number of thiazole rings is 1. The lowest BCUT2D eigenvalue weighted by Gasteiger charge is -2.09. The van der Waals surface area contributed by atoms with Gasteiger partial charge in [0.1, 0.15) is 5.01 Å². The molecule has 6 heteroatoms. The van der Waals surface area contributed by atoms with Crippen LogP contribution in [0.2, 0.25) is 5.02 Å². The minimum atomic E-state index is -0.898. The molecule has 3 rings (SSSR count). The highest BCUT2D eigenvalue weighted by molar-refractivity contribution is 7.15. The molecule has 19 heavy (non-hydrogen) atoms. The zero-order valence-corrected chi connectivity index (χ0v) is 11.8. The van der Waals surface area contributed by atoms with Gasteiger partial charge in [-0.2, -0.15) is 0 Å². The van der Waals surface area contributed by atoms with E-state index >= 15 is 0 Å². The van der Waals surface area contributed by atoms with Gasteiger partial charge in [0.2, 0.25) is 0 Å². The van der Waals surface area contributed by atoms with Crippen molar-refractivity contribution in [3.8, 4) is 10.6 Å². The Morgan fingerprint density at radius 2 is 2.26 bits per heavy atom. The SMILES string of the molecule is Cc1c(Cl)cccc1-c1nc2c(s1)CN(C(=O)O)C2. The third-order valence-electron chi connectivity index (χ3n) is 3.22. The van der Waals surface area contributed by atoms with Crippen molar-refractivity contribution < 1.29 is 9.90 Å². The van der Waals surface area contributed by atoms with Gasteiger partial charge < -0.3 is 5.11 Å². The first-order chi connectivity index (χ1) is 9.06. The predicted molar refractivity (Wildman–Crippen MR) is 74.6 cm³/mol. The summed E-state index contributed by atoms with van der Waals surface area (Å²) in [7, 11) is 0. The van der Waals surface area contributed by atoms with E-state index < -0.39 is 6.09 Å². The zero-order valence-electron chi connectivity index (χ0n) is 10.2. The highest BCUT2D eigenvalue weighted by Gasteiger charge is 2.27. The summed E-state index contributed by atoms with van der Waals surface area (Å²) in [5, 5.41) is 10.6. The smallest absolute Gasteiger partial charge is 0.407 e. The van der Waals surface area contributed by atoms with Crippen molar-refractivity contribution in [2.24, 2.45) is 0 Å². The molecule has 1 aliphatic heterocycles. The van der Waals surface area contributed by atoms with Gasteiger partial charge in [0.05, 0.1) is 18.8 Å². The Morgan fingerprint density at radius 1 is 1.47 bits per heavy atom. The fourth-order valence-corrected chi connectivity index (χ4v) is 3.47. The first-order valence-electron chi connectivity index (χ1n) is 5.78. The first kappa shape index (κ1) is 12.4. The van der Waals surface area contributed by atoms with E-state index in [9.17, 15) is 4.79 Å². The van der Waals surface area contributed by atoms with Crippen LogP contribution in [-0.2, 0) is 13.1 Å². The van der Waals surface area contributed by atoms with E-state index in [1.807, 2.05) is 25.1 Å². The second-order valence-electron chi connectivity index (χ2n) is 4.44. The molecule has 0 saturated carbocycles. The van der Waals surface area contributed by atoms with Crippen LogP contribution in [-0.4, -0.2) is 21.1 Å². The molecular weight excluding hydrogens is 284 g/mol. The van der Waals surface area contributed by atoms with E-state index in [1.165, 1.54) is 4.90 Å². The maximum Gasteiger partial charge on any atom is 0.407 e. The molecule has 4 nitrogen and oxygen atoms in total. The molecule has 98 valence electrons. The lowest BCUT2D eigenvalue weighted by molar-refractivity contribution is 0.145. The van der Waals surface area contributed by atoms with Crippen molar-refractivity contribution in [2.75, 3.05) is 0 Å². The van der Waals surface area contributed by atoms with Gasteiger partial charge in [0, 0.05) is 15.5 Å². The summed E-state index contributed by atoms with van der Waals surface area (Å²) in [5.41, 5.74) is 2.89. The number of amides is 1. The number of fused-ring (bicyclic) bond motifs is 1. The van der Waals surface area contributed by atoms with Crippen LogP contribution < -0.4 is 0 Å². The molecule has 1 aromatic carbocycles. The topological polar surface area (TPSA) is 53.4 Å². The number of benzene rings is 1. The molecule has 2 aromatic rings. The summed E-state index contributed by atoms with van der Waals surface area (Å²) in [6.07, 6.45) is -0.898. The van der Waals surface area contributed by atoms with Crippen LogP contribution >= 0.6 is 22.9 Å². The number of nitrogens with zero attached hydrogens (tertiary/aromatic N) is 2. The summed E-state index contributed by atoms with van der Waals surface area (Å²) in [6, 6.07) is 5.75. The lowest BCUT2D eigenvalue weighted by atomic mass is 10.1. The van der Waals surface area contributed by atoms with E-state index in [4.69, 9.17) is 16.7 Å². The Bertz CT molecular complexity index is 645. The number of halogens is 1. The van der Waals surface area contributed by atoms with Crippen molar-refractivity contribution in [1.82, 2.24) is 9.88 Å². The first-order valence-corrected chi connectivity index (χ1v) is 6.97. The maximum absolute atomic E-state index is 10.9. The average Bonchev–Trinajstić information content (AvgIpc) is 2.90. The highest BCUT2D eigenvalue weighted by Crippen LogP contribution is 2.36. The van der Waals surface area contributed by atoms with Crippen LogP contribution in [0, 0.1) is 6.92 Å². The predicted octanol–water partition coefficient (Wildman–Crippen LogP) is 3.77. The molecule has 0 bridgehead atoms. The van der Waals surface area contributed by atoms with Crippen molar-refractivity contribution in [2.45, 2.75) is 20.0 Å². The summed E-state index contributed by atoms with van der Waals surface area (Å²) < 4.78 is 0. The minimum absolute atomic E-state index is 0.376. The normalized spacial score (nSPS) is 13.7. The van der Waals surface area contributed by atoms with E-state index in [2.05, 4.69) is 4.98 Å². The molecule has 0 aliphatic carbocycles. The quantitative estimate of drug-likeness (QED) is 0.871. The maximum atomic E-state index is 10.9. The summed E-state index contributed by atoms with van der Waals surface area (Å²) in [4.78, 5) is 17.8. The Kier molecular flexibility index (Phi) is 2.95. The van der Waals surface area contributed by atoms with E-state index in [1.54, 1.807) is 11.3 Å². The van der Waals surface area contributed by atoms with Gasteiger partial charge in [0.25, 0.3) is 0 Å². The Balaban J connectivity index is 1.96. The second kappa shape index (κ2) is 4.51. The number of aromatic nitrogens is 1. The van der Waals surface area contributed by atoms with E-state index in [0.29, 0.717) is 13.1 Å². The van der Waals surface area contributed by atoms with Crippen molar-refractivity contribution >= 4 is 29.0 Å². The molecule has 1 aliphatic rings. The largest absolute Gasteiger partial charge is 0.465 e. The van der Waals surface area contributed by atoms with Gasteiger partial charge in [-0.25, -0.2) is 9.78 Å². The zero-order chi connectivity index (χ0) is 13.6. The molecule has 0 fully saturated rings. The second-order valence-corrected chi connectivity index (χ2v) is 5.93. The molecule has 1 amide bonds. The Labute approximate surface area is 119 Å². The van der Waals surface area contributed by atoms with Crippen LogP contribution in [0.4, 0.5) is 4.79 Å². The van der Waals surface area contributed by atoms with Crippen LogP contribution in [0.25, 0.3) is 10.6 Å². The highest BCUT2D eigenvalue weighted by atomic mass is 35.5. The van der Waals surface area contributed by atoms with Gasteiger partial charge in [-0.3, -0.25) is 4.90 Å². The van der Waals surface area contributed by atoms with Gasteiger partial charge >= 0.3 is 6.09 Å². The molecule has 1 aromatic heterocycles. The van der Waals surface area contributed by atoms with Crippen LogP contribution in [0.3, 0.4) is 0 Å². The average molecular weight is 295 g/mol. The molecule has 0 radical (unpaired) electrons. The fraction of sp³-hybridized carbons (Fsp3) is 0.231. The number of hydrogen-bond acceptors (Lipinski definition) is 3. The van der Waals surface area contributed by atoms with Crippen molar-refractivity contribution in [3.05, 3.63) is 39.4 Å². The molecule has 2 heterocycles. The fourth-order valence-electron chi connectivity index (χ4n) is 2.13. The van der Waals surface area contributed by atoms with Crippen LogP contribution in [0.1, 0.15) is 16.1 Å². The number of carboxylic acid groups (broad SMARTS) is 1. The van der Waals surface area contributed by atoms with Gasteiger partial charge in [-0.05, 0) is 18.6 Å². The molecular formula is C13H11ClN2O2S. The lowest BCUT2D eigenvalue weighted by Crippen LogP contribution is -2.22. The summed E-state index contributed by atoms with van der Waals surface area (Å²) in [5.74, 6) is 0. The third-order valence-corrected chi connectivity index (χ3v) is 4.75. The third kappa shape index (κ3) is 2.09. The van der Waals surface area contributed by atoms with E-state index in [0.717, 1.165) is 31.7 Å². The minimum Gasteiger partial charge on any atom is -0.465 e. The molecule has 0 spiro atoms. The summed E-state index contributed by atoms with van der Waals surface area (Å²) >= 11 is 7.66. The monoisotopic (exact) mass is 294 g/mol. The molecule has 0 saturated heterocycles. The standard InChI is InChI=1S/C13H11ClN2O2S/c1-7-8(3-2-4-9(7)14)12-15-10-5-16(13(17)18)6-11(10)19-12/h2-4H,5-6H2,1H3,(H,17,18). The number of hydrogen-bond donors (Lipinski definition) is 1. The molecule has 0 atom stereocenters. The van der Waals surface area contributed by atoms with Crippen LogP contribution in [0.15, 0.2) is 18.2 Å². The van der Waals surface area contributed by atoms with Crippen LogP contribution in [0.5, 0.6) is 0 Å². The number of rotatable bonds is 1. The molecule has 1 N–H and O–H groups in total. The summed E-state index contributed by atoms with van der Waals surface area (Å²) in [6.45, 7) is 2.77. The van der Waals surface area contributed by atoms with E-state index in [-0.39, 0.29) is 0 Å². The molecule has 0 unspecified atom stereocenters. The number of carbonyl (C=O) groups is 1. The van der Waals surface area contributed by atoms with Gasteiger partial charge in [-0.15, -0.1) is 11.3 Å². The van der Waals surface area contributed by atoms with Gasteiger partial charge in [-0.1, -0.05) is 23.7 Å². The van der Waals surface area contributed by atoms with Crippen molar-refractivity contribution in [1.29, 1.82) is 0 Å².